The van der Waals surface area contributed by atoms with Crippen LogP contribution in [0.2, 0.25) is 0 Å². The molecule has 0 N–H and O–H groups in total. The summed E-state index contributed by atoms with van der Waals surface area (Å²) in [7, 11) is 0. The average Bonchev–Trinajstić information content (AvgIpc) is 2.99. The second kappa shape index (κ2) is 5.95. The molecule has 2 aromatic heterocycles. The molecule has 1 aliphatic rings. The summed E-state index contributed by atoms with van der Waals surface area (Å²) in [5.74, 6) is -1.98. The first kappa shape index (κ1) is 16.0. The van der Waals surface area contributed by atoms with Gasteiger partial charge >= 0.3 is 6.18 Å². The normalized spacial score (nSPS) is 19.3. The molecule has 1 fully saturated rings. The Bertz CT molecular complexity index is 783. The molecular formula is C14H14F3N3O2S. The minimum Gasteiger partial charge on any atom is -0.341 e. The molecule has 3 heterocycles. The fraction of sp³-hybridized carbons (Fsp3) is 0.500. The van der Waals surface area contributed by atoms with Crippen molar-refractivity contribution in [2.75, 3.05) is 13.1 Å². The van der Waals surface area contributed by atoms with Crippen LogP contribution in [0, 0.1) is 5.92 Å². The maximum atomic E-state index is 12.8. The monoisotopic (exact) mass is 345 g/mol. The molecule has 23 heavy (non-hydrogen) atoms. The quantitative estimate of drug-likeness (QED) is 0.839. The lowest BCUT2D eigenvalue weighted by molar-refractivity contribution is -0.188. The van der Waals surface area contributed by atoms with Crippen molar-refractivity contribution in [3.63, 3.8) is 0 Å². The highest BCUT2D eigenvalue weighted by Crippen LogP contribution is 2.33. The topological polar surface area (TPSA) is 55.2 Å². The summed E-state index contributed by atoms with van der Waals surface area (Å²) >= 11 is 1.32. The third-order valence-corrected chi connectivity index (χ3v) is 4.81. The predicted octanol–water partition coefficient (Wildman–Crippen LogP) is 2.26. The molecule has 1 atom stereocenters. The van der Waals surface area contributed by atoms with E-state index in [-0.39, 0.29) is 31.6 Å². The van der Waals surface area contributed by atoms with Crippen LogP contribution in [0.1, 0.15) is 12.8 Å². The zero-order valence-corrected chi connectivity index (χ0v) is 12.9. The molecule has 124 valence electrons. The van der Waals surface area contributed by atoms with Crippen molar-refractivity contribution in [1.82, 2.24) is 14.5 Å². The number of carbonyl (C=O) groups is 1. The summed E-state index contributed by atoms with van der Waals surface area (Å²) in [6, 6.07) is 1.62. The maximum absolute atomic E-state index is 12.8. The van der Waals surface area contributed by atoms with Gasteiger partial charge in [0.05, 0.1) is 17.6 Å². The summed E-state index contributed by atoms with van der Waals surface area (Å²) in [5, 5.41) is 2.14. The molecule has 1 amide bonds. The van der Waals surface area contributed by atoms with Crippen LogP contribution in [-0.4, -0.2) is 39.6 Å². The van der Waals surface area contributed by atoms with E-state index < -0.39 is 18.0 Å². The van der Waals surface area contributed by atoms with Crippen molar-refractivity contribution in [1.29, 1.82) is 0 Å². The molecule has 0 aliphatic carbocycles. The smallest absolute Gasteiger partial charge is 0.341 e. The largest absolute Gasteiger partial charge is 0.393 e. The van der Waals surface area contributed by atoms with Gasteiger partial charge in [0.2, 0.25) is 5.91 Å². The van der Waals surface area contributed by atoms with Gasteiger partial charge in [-0.3, -0.25) is 14.2 Å². The Labute approximate surface area is 133 Å². The second-order valence-corrected chi connectivity index (χ2v) is 6.43. The van der Waals surface area contributed by atoms with Crippen molar-refractivity contribution in [2.45, 2.75) is 25.6 Å². The zero-order chi connectivity index (χ0) is 16.6. The van der Waals surface area contributed by atoms with E-state index in [0.717, 1.165) is 4.57 Å². The number of amides is 1. The summed E-state index contributed by atoms with van der Waals surface area (Å²) < 4.78 is 39.6. The SMILES string of the molecule is O=C(Cn1cnc2sccc2c1=O)N1CCCC(C(F)(F)F)C1. The lowest BCUT2D eigenvalue weighted by Gasteiger charge is -2.33. The Balaban J connectivity index is 1.75. The zero-order valence-electron chi connectivity index (χ0n) is 12.0. The van der Waals surface area contributed by atoms with Gasteiger partial charge < -0.3 is 4.90 Å². The number of halogens is 3. The third-order valence-electron chi connectivity index (χ3n) is 3.99. The summed E-state index contributed by atoms with van der Waals surface area (Å²) in [4.78, 5) is 30.3. The van der Waals surface area contributed by atoms with Crippen molar-refractivity contribution >= 4 is 27.5 Å². The van der Waals surface area contributed by atoms with Crippen molar-refractivity contribution < 1.29 is 18.0 Å². The van der Waals surface area contributed by atoms with Crippen LogP contribution in [-0.2, 0) is 11.3 Å². The molecule has 1 saturated heterocycles. The number of carbonyl (C=O) groups excluding carboxylic acids is 1. The van der Waals surface area contributed by atoms with E-state index in [1.165, 1.54) is 22.6 Å². The van der Waals surface area contributed by atoms with Gasteiger partial charge in [0.15, 0.2) is 0 Å². The second-order valence-electron chi connectivity index (χ2n) is 5.54. The molecule has 0 spiro atoms. The highest BCUT2D eigenvalue weighted by atomic mass is 32.1. The fourth-order valence-electron chi connectivity index (χ4n) is 2.72. The standard InChI is InChI=1S/C14H14F3N3O2S/c15-14(16,17)9-2-1-4-19(6-9)11(21)7-20-8-18-12-10(13(20)22)3-5-23-12/h3,5,8-9H,1-2,4,6-7H2. The number of alkyl halides is 3. The van der Waals surface area contributed by atoms with Gasteiger partial charge in [-0.15, -0.1) is 11.3 Å². The van der Waals surface area contributed by atoms with Crippen LogP contribution in [0.15, 0.2) is 22.6 Å². The van der Waals surface area contributed by atoms with Crippen LogP contribution in [0.4, 0.5) is 13.2 Å². The highest BCUT2D eigenvalue weighted by molar-refractivity contribution is 7.16. The number of likely N-dealkylation sites (tertiary alicyclic amines) is 1. The highest BCUT2D eigenvalue weighted by Gasteiger charge is 2.42. The number of fused-ring (bicyclic) bond motifs is 1. The summed E-state index contributed by atoms with van der Waals surface area (Å²) in [5.41, 5.74) is -0.353. The number of hydrogen-bond acceptors (Lipinski definition) is 4. The number of nitrogens with zero attached hydrogens (tertiary/aromatic N) is 3. The Hall–Kier alpha value is -1.90. The first-order valence-electron chi connectivity index (χ1n) is 7.13. The van der Waals surface area contributed by atoms with Gasteiger partial charge in [0.25, 0.3) is 5.56 Å². The van der Waals surface area contributed by atoms with Gasteiger partial charge in [-0.2, -0.15) is 13.2 Å². The van der Waals surface area contributed by atoms with Crippen LogP contribution in [0.3, 0.4) is 0 Å². The molecule has 0 bridgehead atoms. The maximum Gasteiger partial charge on any atom is 0.393 e. The third kappa shape index (κ3) is 3.24. The molecule has 0 saturated carbocycles. The molecule has 1 aliphatic heterocycles. The number of hydrogen-bond donors (Lipinski definition) is 0. The molecule has 3 rings (SSSR count). The van der Waals surface area contributed by atoms with E-state index in [2.05, 4.69) is 4.98 Å². The van der Waals surface area contributed by atoms with E-state index in [1.54, 1.807) is 11.4 Å². The van der Waals surface area contributed by atoms with E-state index in [0.29, 0.717) is 16.6 Å². The van der Waals surface area contributed by atoms with Gasteiger partial charge in [0, 0.05) is 13.1 Å². The fourth-order valence-corrected chi connectivity index (χ4v) is 3.45. The van der Waals surface area contributed by atoms with Crippen molar-refractivity contribution in [3.8, 4) is 0 Å². The molecule has 9 heteroatoms. The summed E-state index contributed by atoms with van der Waals surface area (Å²) in [6.07, 6.45) is -2.68. The van der Waals surface area contributed by atoms with Crippen molar-refractivity contribution in [2.24, 2.45) is 5.92 Å². The number of thiophene rings is 1. The first-order valence-corrected chi connectivity index (χ1v) is 8.01. The van der Waals surface area contributed by atoms with Gasteiger partial charge in [-0.1, -0.05) is 0 Å². The Morgan fingerprint density at radius 3 is 2.96 bits per heavy atom. The number of piperidine rings is 1. The Morgan fingerprint density at radius 1 is 1.43 bits per heavy atom. The average molecular weight is 345 g/mol. The predicted molar refractivity (Wildman–Crippen MR) is 79.2 cm³/mol. The van der Waals surface area contributed by atoms with Gasteiger partial charge in [0.1, 0.15) is 11.4 Å². The van der Waals surface area contributed by atoms with E-state index >= 15 is 0 Å². The van der Waals surface area contributed by atoms with Crippen LogP contribution in [0.25, 0.3) is 10.2 Å². The Morgan fingerprint density at radius 2 is 2.22 bits per heavy atom. The van der Waals surface area contributed by atoms with Crippen LogP contribution < -0.4 is 5.56 Å². The minimum atomic E-state index is -4.30. The number of rotatable bonds is 2. The van der Waals surface area contributed by atoms with Gasteiger partial charge in [-0.25, -0.2) is 4.98 Å². The molecule has 0 aromatic carbocycles. The number of aromatic nitrogens is 2. The van der Waals surface area contributed by atoms with E-state index in [4.69, 9.17) is 0 Å². The van der Waals surface area contributed by atoms with Crippen LogP contribution >= 0.6 is 11.3 Å². The summed E-state index contributed by atoms with van der Waals surface area (Å²) in [6.45, 7) is -0.346. The molecule has 2 aromatic rings. The molecule has 1 unspecified atom stereocenters. The molecular weight excluding hydrogens is 331 g/mol. The molecule has 5 nitrogen and oxygen atoms in total. The van der Waals surface area contributed by atoms with E-state index in [1.807, 2.05) is 0 Å². The molecule has 0 radical (unpaired) electrons. The van der Waals surface area contributed by atoms with E-state index in [9.17, 15) is 22.8 Å². The minimum absolute atomic E-state index is 0.0373. The first-order chi connectivity index (χ1) is 10.9. The van der Waals surface area contributed by atoms with Crippen LogP contribution in [0.5, 0.6) is 0 Å². The Kier molecular flexibility index (Phi) is 4.13. The lowest BCUT2D eigenvalue weighted by atomic mass is 9.97. The van der Waals surface area contributed by atoms with Crippen molar-refractivity contribution in [3.05, 3.63) is 28.1 Å². The van der Waals surface area contributed by atoms with Gasteiger partial charge in [-0.05, 0) is 24.3 Å². The lowest BCUT2D eigenvalue weighted by Crippen LogP contribution is -2.46.